The maximum Gasteiger partial charge on any atom is 0.490 e. The summed E-state index contributed by atoms with van der Waals surface area (Å²) in [6, 6.07) is 4.12. The van der Waals surface area contributed by atoms with Crippen molar-refractivity contribution < 1.29 is 37.8 Å². The minimum atomic E-state index is -5.08. The molecule has 0 bridgehead atoms. The predicted molar refractivity (Wildman–Crippen MR) is 71.4 cm³/mol. The molecule has 1 aromatic rings. The van der Waals surface area contributed by atoms with Crippen molar-refractivity contribution in [3.05, 3.63) is 24.4 Å². The zero-order chi connectivity index (χ0) is 18.0. The first-order chi connectivity index (χ1) is 10.5. The Balaban J connectivity index is 0.000000585. The molecule has 0 saturated heterocycles. The fourth-order valence-corrected chi connectivity index (χ4v) is 1.05. The van der Waals surface area contributed by atoms with Gasteiger partial charge in [-0.15, -0.1) is 0 Å². The van der Waals surface area contributed by atoms with Gasteiger partial charge in [-0.25, -0.2) is 9.78 Å². The molecule has 0 aliphatic carbocycles. The molecule has 1 atom stereocenters. The topological polar surface area (TPSA) is 143 Å². The summed E-state index contributed by atoms with van der Waals surface area (Å²) < 4.78 is 31.7. The number of carboxylic acid groups (broad SMARTS) is 2. The summed E-state index contributed by atoms with van der Waals surface area (Å²) in [5.41, 5.74) is 5.26. The number of aliphatic carboxylic acids is 2. The highest BCUT2D eigenvalue weighted by Gasteiger charge is 2.38. The van der Waals surface area contributed by atoms with Crippen LogP contribution in [0.25, 0.3) is 0 Å². The number of amides is 1. The lowest BCUT2D eigenvalue weighted by molar-refractivity contribution is -0.192. The third-order valence-corrected chi connectivity index (χ3v) is 2.17. The molecule has 23 heavy (non-hydrogen) atoms. The number of carboxylic acids is 2. The van der Waals surface area contributed by atoms with Crippen LogP contribution >= 0.6 is 0 Å². The summed E-state index contributed by atoms with van der Waals surface area (Å²) in [5, 5.41) is 18.2. The van der Waals surface area contributed by atoms with Crippen LogP contribution in [-0.2, 0) is 14.4 Å². The molecule has 1 heterocycles. The van der Waals surface area contributed by atoms with E-state index in [4.69, 9.17) is 20.7 Å². The fourth-order valence-electron chi connectivity index (χ4n) is 1.05. The van der Waals surface area contributed by atoms with Gasteiger partial charge in [0.2, 0.25) is 5.91 Å². The van der Waals surface area contributed by atoms with Crippen LogP contribution in [0.5, 0.6) is 0 Å². The average molecular weight is 337 g/mol. The molecule has 0 spiro atoms. The van der Waals surface area contributed by atoms with E-state index in [-0.39, 0.29) is 18.7 Å². The second-order valence-electron chi connectivity index (χ2n) is 4.05. The molecule has 0 aliphatic heterocycles. The Hall–Kier alpha value is -2.69. The van der Waals surface area contributed by atoms with E-state index >= 15 is 0 Å². The summed E-state index contributed by atoms with van der Waals surface area (Å²) in [5.74, 6) is -3.72. The molecule has 11 heteroatoms. The van der Waals surface area contributed by atoms with Crippen molar-refractivity contribution in [1.82, 2.24) is 4.98 Å². The summed E-state index contributed by atoms with van der Waals surface area (Å²) in [7, 11) is 0. The van der Waals surface area contributed by atoms with Crippen molar-refractivity contribution in [3.8, 4) is 0 Å². The number of hydrogen-bond acceptors (Lipinski definition) is 5. The lowest BCUT2D eigenvalue weighted by Crippen LogP contribution is -2.31. The van der Waals surface area contributed by atoms with Crippen LogP contribution in [0.15, 0.2) is 24.4 Å². The Bertz CT molecular complexity index is 536. The monoisotopic (exact) mass is 337 g/mol. The largest absolute Gasteiger partial charge is 0.490 e. The van der Waals surface area contributed by atoms with Crippen molar-refractivity contribution in [2.75, 3.05) is 5.32 Å². The quantitative estimate of drug-likeness (QED) is 0.623. The normalized spacial score (nSPS) is 11.7. The maximum absolute atomic E-state index is 11.3. The van der Waals surface area contributed by atoms with Crippen LogP contribution in [0.3, 0.4) is 0 Å². The van der Waals surface area contributed by atoms with Crippen molar-refractivity contribution in [1.29, 1.82) is 0 Å². The molecular weight excluding hydrogens is 323 g/mol. The van der Waals surface area contributed by atoms with Gasteiger partial charge in [0, 0.05) is 12.6 Å². The van der Waals surface area contributed by atoms with Gasteiger partial charge in [0.25, 0.3) is 0 Å². The van der Waals surface area contributed by atoms with Gasteiger partial charge >= 0.3 is 18.1 Å². The van der Waals surface area contributed by atoms with E-state index in [0.29, 0.717) is 5.82 Å². The molecule has 0 radical (unpaired) electrons. The summed E-state index contributed by atoms with van der Waals surface area (Å²) in [6.07, 6.45) is -3.36. The smallest absolute Gasteiger partial charge is 0.480 e. The highest BCUT2D eigenvalue weighted by atomic mass is 19.4. The number of nitrogens with zero attached hydrogens (tertiary/aromatic N) is 1. The lowest BCUT2D eigenvalue weighted by Gasteiger charge is -2.06. The van der Waals surface area contributed by atoms with E-state index in [1.165, 1.54) is 0 Å². The van der Waals surface area contributed by atoms with E-state index < -0.39 is 24.2 Å². The molecule has 128 valence electrons. The molecule has 8 nitrogen and oxygen atoms in total. The van der Waals surface area contributed by atoms with Gasteiger partial charge in [0.05, 0.1) is 0 Å². The van der Waals surface area contributed by atoms with E-state index in [2.05, 4.69) is 10.3 Å². The Morgan fingerprint density at radius 1 is 1.26 bits per heavy atom. The van der Waals surface area contributed by atoms with Crippen molar-refractivity contribution in [3.63, 3.8) is 0 Å². The van der Waals surface area contributed by atoms with Gasteiger partial charge in [-0.3, -0.25) is 9.59 Å². The van der Waals surface area contributed by atoms with Gasteiger partial charge in [0.15, 0.2) is 0 Å². The van der Waals surface area contributed by atoms with E-state index in [9.17, 15) is 22.8 Å². The first-order valence-corrected chi connectivity index (χ1v) is 6.03. The molecule has 0 unspecified atom stereocenters. The Morgan fingerprint density at radius 2 is 1.83 bits per heavy atom. The van der Waals surface area contributed by atoms with Crippen LogP contribution < -0.4 is 11.1 Å². The number of rotatable bonds is 5. The number of aromatic nitrogens is 1. The highest BCUT2D eigenvalue weighted by molar-refractivity contribution is 5.90. The van der Waals surface area contributed by atoms with Crippen molar-refractivity contribution >= 4 is 23.7 Å². The van der Waals surface area contributed by atoms with Crippen molar-refractivity contribution in [2.24, 2.45) is 5.73 Å². The number of anilines is 1. The molecular formula is C12H14F3N3O5. The number of carbonyl (C=O) groups is 3. The highest BCUT2D eigenvalue weighted by Crippen LogP contribution is 2.13. The molecule has 1 rings (SSSR count). The van der Waals surface area contributed by atoms with Gasteiger partial charge in [0.1, 0.15) is 11.9 Å². The van der Waals surface area contributed by atoms with Gasteiger partial charge in [-0.2, -0.15) is 13.2 Å². The third-order valence-electron chi connectivity index (χ3n) is 2.17. The van der Waals surface area contributed by atoms with Crippen LogP contribution in [0, 0.1) is 0 Å². The molecule has 0 fully saturated rings. The van der Waals surface area contributed by atoms with E-state index in [0.717, 1.165) is 0 Å². The van der Waals surface area contributed by atoms with Crippen LogP contribution in [-0.4, -0.2) is 45.3 Å². The number of pyridine rings is 1. The SMILES string of the molecule is N[C@@H](CCC(=O)Nc1ccccn1)C(=O)O.O=C(O)C(F)(F)F. The molecule has 0 saturated carbocycles. The number of halogens is 3. The molecule has 5 N–H and O–H groups in total. The summed E-state index contributed by atoms with van der Waals surface area (Å²) >= 11 is 0. The summed E-state index contributed by atoms with van der Waals surface area (Å²) in [6.45, 7) is 0. The average Bonchev–Trinajstić information content (AvgIpc) is 2.45. The lowest BCUT2D eigenvalue weighted by atomic mass is 10.1. The van der Waals surface area contributed by atoms with Gasteiger partial charge in [-0.1, -0.05) is 6.07 Å². The van der Waals surface area contributed by atoms with Crippen LogP contribution in [0.2, 0.25) is 0 Å². The Labute approximate surface area is 128 Å². The minimum absolute atomic E-state index is 0.0596. The number of hydrogen-bond donors (Lipinski definition) is 4. The van der Waals surface area contributed by atoms with Gasteiger partial charge in [-0.05, 0) is 18.6 Å². The second-order valence-corrected chi connectivity index (χ2v) is 4.05. The van der Waals surface area contributed by atoms with E-state index in [1.54, 1.807) is 24.4 Å². The predicted octanol–water partition coefficient (Wildman–Crippen LogP) is 0.845. The number of nitrogens with one attached hydrogen (secondary N) is 1. The van der Waals surface area contributed by atoms with Crippen LogP contribution in [0.4, 0.5) is 19.0 Å². The fraction of sp³-hybridized carbons (Fsp3) is 0.333. The first-order valence-electron chi connectivity index (χ1n) is 6.03. The maximum atomic E-state index is 11.3. The minimum Gasteiger partial charge on any atom is -0.480 e. The van der Waals surface area contributed by atoms with Crippen molar-refractivity contribution in [2.45, 2.75) is 25.1 Å². The number of nitrogens with two attached hydrogens (primary N) is 1. The standard InChI is InChI=1S/C10H13N3O3.C2HF3O2/c11-7(10(15)16)4-5-9(14)13-8-3-1-2-6-12-8;3-2(4,5)1(6)7/h1-3,6-7H,4-5,11H2,(H,15,16)(H,12,13,14);(H,6,7)/t7-;/m0./s1. The number of carbonyl (C=O) groups excluding carboxylic acids is 1. The van der Waals surface area contributed by atoms with Gasteiger partial charge < -0.3 is 21.3 Å². The zero-order valence-electron chi connectivity index (χ0n) is 11.6. The zero-order valence-corrected chi connectivity index (χ0v) is 11.6. The molecule has 1 amide bonds. The first kappa shape index (κ1) is 20.3. The molecule has 0 aromatic carbocycles. The summed E-state index contributed by atoms with van der Waals surface area (Å²) in [4.78, 5) is 34.5. The van der Waals surface area contributed by atoms with Crippen LogP contribution in [0.1, 0.15) is 12.8 Å². The van der Waals surface area contributed by atoms with E-state index in [1.807, 2.05) is 0 Å². The second kappa shape index (κ2) is 9.35. The Kier molecular flexibility index (Phi) is 8.26. The molecule has 1 aromatic heterocycles. The third kappa shape index (κ3) is 9.79. The number of alkyl halides is 3. The Morgan fingerprint density at radius 3 is 2.22 bits per heavy atom. The molecule has 0 aliphatic rings.